The van der Waals surface area contributed by atoms with Crippen molar-refractivity contribution < 1.29 is 0 Å². The van der Waals surface area contributed by atoms with E-state index in [2.05, 4.69) is 35.3 Å². The van der Waals surface area contributed by atoms with Gasteiger partial charge in [0.05, 0.1) is 0 Å². The third kappa shape index (κ3) is 0.762. The first-order valence-electron chi connectivity index (χ1n) is 3.70. The van der Waals surface area contributed by atoms with Gasteiger partial charge < -0.3 is 9.88 Å². The number of aromatic nitrogens is 1. The van der Waals surface area contributed by atoms with E-state index in [0.29, 0.717) is 0 Å². The highest BCUT2D eigenvalue weighted by molar-refractivity contribution is 5.15. The van der Waals surface area contributed by atoms with E-state index in [1.807, 2.05) is 0 Å². The maximum atomic E-state index is 3.26. The summed E-state index contributed by atoms with van der Waals surface area (Å²) in [7, 11) is 2.10. The molecule has 10 heavy (non-hydrogen) atoms. The summed E-state index contributed by atoms with van der Waals surface area (Å²) in [6, 6.07) is 4.30. The topological polar surface area (TPSA) is 17.0 Å². The Kier molecular flexibility index (Phi) is 1.27. The predicted molar refractivity (Wildman–Crippen MR) is 41.0 cm³/mol. The summed E-state index contributed by atoms with van der Waals surface area (Å²) in [5.41, 5.74) is 1.46. The zero-order valence-electron chi connectivity index (χ0n) is 6.17. The Hall–Kier alpha value is -0.760. The highest BCUT2D eigenvalue weighted by Gasteiger charge is 2.20. The molecule has 2 heterocycles. The lowest BCUT2D eigenvalue weighted by Crippen LogP contribution is -2.40. The first-order valence-corrected chi connectivity index (χ1v) is 3.70. The second-order valence-corrected chi connectivity index (χ2v) is 2.90. The van der Waals surface area contributed by atoms with Crippen molar-refractivity contribution in [3.05, 3.63) is 24.0 Å². The number of nitrogens with zero attached hydrogens (tertiary/aromatic N) is 1. The second kappa shape index (κ2) is 2.13. The van der Waals surface area contributed by atoms with Crippen LogP contribution in [0.4, 0.5) is 0 Å². The zero-order chi connectivity index (χ0) is 6.97. The summed E-state index contributed by atoms with van der Waals surface area (Å²) in [5, 5.41) is 3.26. The maximum Gasteiger partial charge on any atom is 0.0242 e. The third-order valence-corrected chi connectivity index (χ3v) is 2.18. The van der Waals surface area contributed by atoms with Crippen molar-refractivity contribution in [2.45, 2.75) is 5.92 Å². The molecule has 2 heteroatoms. The van der Waals surface area contributed by atoms with E-state index in [-0.39, 0.29) is 0 Å². The summed E-state index contributed by atoms with van der Waals surface area (Å²) in [6.45, 7) is 2.30. The van der Waals surface area contributed by atoms with Crippen LogP contribution in [0.15, 0.2) is 18.3 Å². The Morgan fingerprint density at radius 2 is 2.40 bits per heavy atom. The molecule has 0 atom stereocenters. The molecule has 1 aliphatic rings. The predicted octanol–water partition coefficient (Wildman–Crippen LogP) is 0.712. The maximum absolute atomic E-state index is 3.26. The van der Waals surface area contributed by atoms with E-state index in [4.69, 9.17) is 0 Å². The standard InChI is InChI=1S/C8H12N2/c1-10-4-2-3-8(10)7-5-9-6-7/h2-4,7,9H,5-6H2,1H3. The molecule has 54 valence electrons. The fraction of sp³-hybridized carbons (Fsp3) is 0.500. The molecule has 0 bridgehead atoms. The molecule has 1 aromatic rings. The monoisotopic (exact) mass is 136 g/mol. The van der Waals surface area contributed by atoms with Crippen LogP contribution in [-0.2, 0) is 7.05 Å². The van der Waals surface area contributed by atoms with E-state index >= 15 is 0 Å². The SMILES string of the molecule is Cn1cccc1C1CNC1. The van der Waals surface area contributed by atoms with Crippen molar-refractivity contribution in [3.8, 4) is 0 Å². The van der Waals surface area contributed by atoms with E-state index in [1.54, 1.807) is 0 Å². The number of nitrogens with one attached hydrogen (secondary N) is 1. The number of hydrogen-bond acceptors (Lipinski definition) is 1. The van der Waals surface area contributed by atoms with Gasteiger partial charge in [-0.25, -0.2) is 0 Å². The molecule has 2 nitrogen and oxygen atoms in total. The fourth-order valence-corrected chi connectivity index (χ4v) is 1.40. The number of aryl methyl sites for hydroxylation is 1. The Labute approximate surface area is 60.9 Å². The van der Waals surface area contributed by atoms with Gasteiger partial charge in [-0.2, -0.15) is 0 Å². The summed E-state index contributed by atoms with van der Waals surface area (Å²) < 4.78 is 2.20. The number of hydrogen-bond donors (Lipinski definition) is 1. The van der Waals surface area contributed by atoms with Gasteiger partial charge in [0.1, 0.15) is 0 Å². The molecule has 1 N–H and O–H groups in total. The van der Waals surface area contributed by atoms with Gasteiger partial charge in [-0.3, -0.25) is 0 Å². The van der Waals surface area contributed by atoms with E-state index < -0.39 is 0 Å². The highest BCUT2D eigenvalue weighted by atomic mass is 15.0. The second-order valence-electron chi connectivity index (χ2n) is 2.90. The van der Waals surface area contributed by atoms with Crippen LogP contribution in [0.25, 0.3) is 0 Å². The van der Waals surface area contributed by atoms with Gasteiger partial charge in [-0.05, 0) is 12.1 Å². The van der Waals surface area contributed by atoms with Crippen molar-refractivity contribution in [1.29, 1.82) is 0 Å². The highest BCUT2D eigenvalue weighted by Crippen LogP contribution is 2.18. The van der Waals surface area contributed by atoms with Gasteiger partial charge in [-0.15, -0.1) is 0 Å². The molecular formula is C8H12N2. The van der Waals surface area contributed by atoms with Gasteiger partial charge in [0.25, 0.3) is 0 Å². The molecule has 1 aliphatic heterocycles. The van der Waals surface area contributed by atoms with Crippen LogP contribution < -0.4 is 5.32 Å². The third-order valence-electron chi connectivity index (χ3n) is 2.18. The molecule has 2 rings (SSSR count). The molecule has 0 aliphatic carbocycles. The van der Waals surface area contributed by atoms with Gasteiger partial charge in [0.2, 0.25) is 0 Å². The molecule has 1 fully saturated rings. The average molecular weight is 136 g/mol. The van der Waals surface area contributed by atoms with Crippen LogP contribution >= 0.6 is 0 Å². The molecule has 1 aromatic heterocycles. The molecule has 0 spiro atoms. The summed E-state index contributed by atoms with van der Waals surface area (Å²) in [5.74, 6) is 0.764. The van der Waals surface area contributed by atoms with Gasteiger partial charge in [0, 0.05) is 37.9 Å². The molecule has 1 saturated heterocycles. The molecule has 0 radical (unpaired) electrons. The van der Waals surface area contributed by atoms with Crippen molar-refractivity contribution in [1.82, 2.24) is 9.88 Å². The minimum absolute atomic E-state index is 0.764. The van der Waals surface area contributed by atoms with E-state index in [9.17, 15) is 0 Å². The minimum atomic E-state index is 0.764. The Morgan fingerprint density at radius 1 is 1.60 bits per heavy atom. The Morgan fingerprint density at radius 3 is 2.80 bits per heavy atom. The van der Waals surface area contributed by atoms with Crippen LogP contribution in [0, 0.1) is 0 Å². The van der Waals surface area contributed by atoms with Crippen LogP contribution in [-0.4, -0.2) is 17.7 Å². The Bertz CT molecular complexity index is 223. The van der Waals surface area contributed by atoms with Gasteiger partial charge in [-0.1, -0.05) is 0 Å². The van der Waals surface area contributed by atoms with Crippen molar-refractivity contribution in [2.24, 2.45) is 7.05 Å². The quantitative estimate of drug-likeness (QED) is 0.601. The van der Waals surface area contributed by atoms with Crippen molar-refractivity contribution in [2.75, 3.05) is 13.1 Å². The normalized spacial score (nSPS) is 18.9. The fourth-order valence-electron chi connectivity index (χ4n) is 1.40. The minimum Gasteiger partial charge on any atom is -0.354 e. The molecule has 0 amide bonds. The summed E-state index contributed by atoms with van der Waals surface area (Å²) in [6.07, 6.45) is 2.10. The summed E-state index contributed by atoms with van der Waals surface area (Å²) >= 11 is 0. The van der Waals surface area contributed by atoms with E-state index in [1.165, 1.54) is 5.69 Å². The smallest absolute Gasteiger partial charge is 0.0242 e. The molecule has 0 saturated carbocycles. The molecular weight excluding hydrogens is 124 g/mol. The largest absolute Gasteiger partial charge is 0.354 e. The van der Waals surface area contributed by atoms with Crippen molar-refractivity contribution >= 4 is 0 Å². The molecule has 0 unspecified atom stereocenters. The van der Waals surface area contributed by atoms with E-state index in [0.717, 1.165) is 19.0 Å². The van der Waals surface area contributed by atoms with Gasteiger partial charge in [0.15, 0.2) is 0 Å². The molecule has 0 aromatic carbocycles. The summed E-state index contributed by atoms with van der Waals surface area (Å²) in [4.78, 5) is 0. The van der Waals surface area contributed by atoms with Crippen molar-refractivity contribution in [3.63, 3.8) is 0 Å². The Balaban J connectivity index is 2.23. The lowest BCUT2D eigenvalue weighted by atomic mass is 10.00. The lowest BCUT2D eigenvalue weighted by Gasteiger charge is -2.27. The van der Waals surface area contributed by atoms with Crippen LogP contribution in [0.5, 0.6) is 0 Å². The average Bonchev–Trinajstić information content (AvgIpc) is 2.12. The van der Waals surface area contributed by atoms with Crippen LogP contribution in [0.2, 0.25) is 0 Å². The number of rotatable bonds is 1. The zero-order valence-corrected chi connectivity index (χ0v) is 6.17. The first kappa shape index (κ1) is 5.98. The van der Waals surface area contributed by atoms with Crippen LogP contribution in [0.1, 0.15) is 11.6 Å². The van der Waals surface area contributed by atoms with Gasteiger partial charge >= 0.3 is 0 Å². The first-order chi connectivity index (χ1) is 4.88. The van der Waals surface area contributed by atoms with Crippen LogP contribution in [0.3, 0.4) is 0 Å². The lowest BCUT2D eigenvalue weighted by molar-refractivity contribution is 0.431.